The highest BCUT2D eigenvalue weighted by Gasteiger charge is 2.65. The van der Waals surface area contributed by atoms with Gasteiger partial charge in [0.15, 0.2) is 0 Å². The summed E-state index contributed by atoms with van der Waals surface area (Å²) in [5.74, 6) is 0.831. The van der Waals surface area contributed by atoms with Crippen LogP contribution in [0.2, 0.25) is 0 Å². The maximum Gasteiger partial charge on any atom is 0.226 e. The molecule has 2 heterocycles. The van der Waals surface area contributed by atoms with Crippen molar-refractivity contribution < 1.29 is 4.79 Å². The van der Waals surface area contributed by atoms with Gasteiger partial charge in [-0.3, -0.25) is 9.69 Å². The van der Waals surface area contributed by atoms with Crippen LogP contribution < -0.4 is 5.73 Å². The Morgan fingerprint density at radius 2 is 1.68 bits per heavy atom. The van der Waals surface area contributed by atoms with Gasteiger partial charge in [0, 0.05) is 31.1 Å². The van der Waals surface area contributed by atoms with E-state index in [9.17, 15) is 4.79 Å². The normalized spacial score (nSPS) is 38.1. The van der Waals surface area contributed by atoms with E-state index >= 15 is 0 Å². The summed E-state index contributed by atoms with van der Waals surface area (Å²) in [5.41, 5.74) is 7.64. The maximum atomic E-state index is 13.4. The van der Waals surface area contributed by atoms with Gasteiger partial charge in [-0.1, -0.05) is 6.42 Å². The molecule has 6 rings (SSSR count). The van der Waals surface area contributed by atoms with Gasteiger partial charge in [0.05, 0.1) is 5.54 Å². The second-order valence-electron chi connectivity index (χ2n) is 10.8. The first-order valence-electron chi connectivity index (χ1n) is 10.8. The predicted octanol–water partition coefficient (Wildman–Crippen LogP) is 2.51. The number of rotatable bonds is 1. The molecular formula is C21H33N3O. The first-order chi connectivity index (χ1) is 12.0. The molecule has 2 N–H and O–H groups in total. The molecule has 0 radical (unpaired) electrons. The van der Waals surface area contributed by atoms with E-state index in [1.165, 1.54) is 64.3 Å². The maximum absolute atomic E-state index is 13.4. The van der Waals surface area contributed by atoms with Crippen molar-refractivity contribution in [2.75, 3.05) is 19.6 Å². The molecule has 4 saturated carbocycles. The van der Waals surface area contributed by atoms with E-state index in [-0.39, 0.29) is 5.54 Å². The summed E-state index contributed by atoms with van der Waals surface area (Å²) in [4.78, 5) is 18.4. The van der Waals surface area contributed by atoms with Crippen molar-refractivity contribution in [3.63, 3.8) is 0 Å². The molecule has 3 spiro atoms. The summed E-state index contributed by atoms with van der Waals surface area (Å²) in [6, 6.07) is 0.912. The molecule has 1 unspecified atom stereocenters. The molecule has 138 valence electrons. The van der Waals surface area contributed by atoms with Gasteiger partial charge in [0.25, 0.3) is 0 Å². The summed E-state index contributed by atoms with van der Waals surface area (Å²) in [7, 11) is 0. The van der Waals surface area contributed by atoms with E-state index in [1.54, 1.807) is 0 Å². The highest BCUT2D eigenvalue weighted by molar-refractivity contribution is 5.81. The molecule has 4 heteroatoms. The molecule has 0 bridgehead atoms. The Balaban J connectivity index is 1.16. The minimum Gasteiger partial charge on any atom is -0.334 e. The highest BCUT2D eigenvalue weighted by Crippen LogP contribution is 2.72. The molecule has 1 amide bonds. The molecule has 0 aromatic carbocycles. The summed E-state index contributed by atoms with van der Waals surface area (Å²) in [6.45, 7) is 3.28. The Labute approximate surface area is 151 Å². The number of hydrogen-bond acceptors (Lipinski definition) is 3. The van der Waals surface area contributed by atoms with Gasteiger partial charge in [-0.15, -0.1) is 0 Å². The SMILES string of the molecule is NC1CC2(C1)C1CCCN1CCN2C(=O)C1CC2(C1)CC1(CCC1)C2. The van der Waals surface area contributed by atoms with Crippen LogP contribution in [0.3, 0.4) is 0 Å². The zero-order valence-corrected chi connectivity index (χ0v) is 15.5. The van der Waals surface area contributed by atoms with Gasteiger partial charge >= 0.3 is 0 Å². The van der Waals surface area contributed by atoms with E-state index < -0.39 is 0 Å². The predicted molar refractivity (Wildman–Crippen MR) is 96.9 cm³/mol. The minimum absolute atomic E-state index is 0.100. The summed E-state index contributed by atoms with van der Waals surface area (Å²) in [5, 5.41) is 0. The van der Waals surface area contributed by atoms with Crippen molar-refractivity contribution in [2.45, 2.75) is 88.3 Å². The Hall–Kier alpha value is -0.610. The summed E-state index contributed by atoms with van der Waals surface area (Å²) < 4.78 is 0. The lowest BCUT2D eigenvalue weighted by Crippen LogP contribution is -2.76. The summed E-state index contributed by atoms with van der Waals surface area (Å²) in [6.07, 6.45) is 14.3. The molecule has 4 nitrogen and oxygen atoms in total. The van der Waals surface area contributed by atoms with Crippen LogP contribution in [0, 0.1) is 16.7 Å². The molecule has 2 aliphatic heterocycles. The average molecular weight is 344 g/mol. The first kappa shape index (κ1) is 15.4. The number of hydrogen-bond donors (Lipinski definition) is 1. The van der Waals surface area contributed by atoms with Gasteiger partial charge in [0.1, 0.15) is 0 Å². The van der Waals surface area contributed by atoms with Crippen molar-refractivity contribution in [1.82, 2.24) is 9.80 Å². The number of carbonyl (C=O) groups excluding carboxylic acids is 1. The Morgan fingerprint density at radius 3 is 2.32 bits per heavy atom. The van der Waals surface area contributed by atoms with Gasteiger partial charge in [-0.05, 0) is 81.6 Å². The van der Waals surface area contributed by atoms with Gasteiger partial charge in [0.2, 0.25) is 5.91 Å². The third-order valence-electron chi connectivity index (χ3n) is 9.25. The zero-order chi connectivity index (χ0) is 16.9. The van der Waals surface area contributed by atoms with Gasteiger partial charge < -0.3 is 10.6 Å². The molecule has 25 heavy (non-hydrogen) atoms. The summed E-state index contributed by atoms with van der Waals surface area (Å²) >= 11 is 0. The topological polar surface area (TPSA) is 49.6 Å². The minimum atomic E-state index is 0.100. The standard InChI is InChI=1S/C21H33N3O/c22-16-11-21(12-16)17-3-1-6-23(17)7-8-24(21)18(25)15-9-20(10-15)13-19(14-20)4-2-5-19/h15-17H,1-14,22H2. The monoisotopic (exact) mass is 343 g/mol. The number of nitrogens with two attached hydrogens (primary N) is 1. The molecule has 2 saturated heterocycles. The largest absolute Gasteiger partial charge is 0.334 e. The van der Waals surface area contributed by atoms with Crippen LogP contribution in [-0.2, 0) is 4.79 Å². The van der Waals surface area contributed by atoms with E-state index in [0.717, 1.165) is 31.3 Å². The van der Waals surface area contributed by atoms with Crippen molar-refractivity contribution in [3.05, 3.63) is 0 Å². The lowest BCUT2D eigenvalue weighted by Gasteiger charge is -2.68. The van der Waals surface area contributed by atoms with Crippen LogP contribution in [-0.4, -0.2) is 53.0 Å². The Morgan fingerprint density at radius 1 is 0.920 bits per heavy atom. The van der Waals surface area contributed by atoms with Crippen molar-refractivity contribution in [2.24, 2.45) is 22.5 Å². The second-order valence-corrected chi connectivity index (χ2v) is 10.8. The number of fused-ring (bicyclic) bond motifs is 2. The van der Waals surface area contributed by atoms with E-state index in [0.29, 0.717) is 29.3 Å². The van der Waals surface area contributed by atoms with Crippen molar-refractivity contribution in [3.8, 4) is 0 Å². The molecule has 1 atom stereocenters. The van der Waals surface area contributed by atoms with Crippen LogP contribution in [0.15, 0.2) is 0 Å². The molecule has 0 aromatic heterocycles. The third-order valence-corrected chi connectivity index (χ3v) is 9.25. The smallest absolute Gasteiger partial charge is 0.226 e. The van der Waals surface area contributed by atoms with E-state index in [4.69, 9.17) is 5.73 Å². The molecule has 0 aromatic rings. The highest BCUT2D eigenvalue weighted by atomic mass is 16.2. The quantitative estimate of drug-likeness (QED) is 0.796. The van der Waals surface area contributed by atoms with Crippen LogP contribution in [0.25, 0.3) is 0 Å². The van der Waals surface area contributed by atoms with E-state index in [1.807, 2.05) is 0 Å². The Bertz CT molecular complexity index is 590. The fourth-order valence-corrected chi connectivity index (χ4v) is 8.24. The van der Waals surface area contributed by atoms with Crippen LogP contribution >= 0.6 is 0 Å². The lowest BCUT2D eigenvalue weighted by atomic mass is 9.38. The molecule has 6 aliphatic rings. The van der Waals surface area contributed by atoms with Crippen LogP contribution in [0.1, 0.15) is 70.6 Å². The first-order valence-corrected chi connectivity index (χ1v) is 10.8. The zero-order valence-electron chi connectivity index (χ0n) is 15.5. The third kappa shape index (κ3) is 1.93. The Kier molecular flexibility index (Phi) is 2.97. The molecular weight excluding hydrogens is 310 g/mol. The molecule has 6 fully saturated rings. The lowest BCUT2D eigenvalue weighted by molar-refractivity contribution is -0.190. The van der Waals surface area contributed by atoms with Crippen LogP contribution in [0.5, 0.6) is 0 Å². The van der Waals surface area contributed by atoms with E-state index in [2.05, 4.69) is 9.80 Å². The number of piperazine rings is 1. The number of carbonyl (C=O) groups is 1. The molecule has 4 aliphatic carbocycles. The van der Waals surface area contributed by atoms with Gasteiger partial charge in [-0.2, -0.15) is 0 Å². The number of amides is 1. The fourth-order valence-electron chi connectivity index (χ4n) is 8.24. The van der Waals surface area contributed by atoms with Crippen molar-refractivity contribution in [1.29, 1.82) is 0 Å². The second kappa shape index (κ2) is 4.81. The fraction of sp³-hybridized carbons (Fsp3) is 0.952. The van der Waals surface area contributed by atoms with Crippen LogP contribution in [0.4, 0.5) is 0 Å². The average Bonchev–Trinajstić information content (AvgIpc) is 2.90. The van der Waals surface area contributed by atoms with Crippen molar-refractivity contribution >= 4 is 5.91 Å². The number of nitrogens with zero attached hydrogens (tertiary/aromatic N) is 2. The van der Waals surface area contributed by atoms with Gasteiger partial charge in [-0.25, -0.2) is 0 Å².